The molecule has 3 aromatic rings. The number of nitrogens with zero attached hydrogens (tertiary/aromatic N) is 5. The van der Waals surface area contributed by atoms with Gasteiger partial charge in [-0.15, -0.1) is 5.10 Å². The molecule has 0 spiro atoms. The van der Waals surface area contributed by atoms with E-state index in [0.29, 0.717) is 0 Å². The Bertz CT molecular complexity index is 851. The van der Waals surface area contributed by atoms with Crippen LogP contribution in [0.4, 0.5) is 0 Å². The molecule has 0 saturated carbocycles. The fraction of sp³-hybridized carbons (Fsp3) is 0.444. The van der Waals surface area contributed by atoms with Crippen molar-refractivity contribution >= 4 is 16.3 Å². The fourth-order valence-electron chi connectivity index (χ4n) is 3.36. The lowest BCUT2D eigenvalue weighted by Crippen LogP contribution is -2.46. The summed E-state index contributed by atoms with van der Waals surface area (Å²) in [6, 6.07) is 10.4. The summed E-state index contributed by atoms with van der Waals surface area (Å²) in [7, 11) is 2.15. The summed E-state index contributed by atoms with van der Waals surface area (Å²) in [6.45, 7) is 6.04. The van der Waals surface area contributed by atoms with E-state index in [9.17, 15) is 5.11 Å². The van der Waals surface area contributed by atoms with Gasteiger partial charge in [0, 0.05) is 32.6 Å². The Morgan fingerprint density at radius 3 is 2.52 bits per heavy atom. The Morgan fingerprint density at radius 2 is 1.88 bits per heavy atom. The van der Waals surface area contributed by atoms with E-state index in [1.807, 2.05) is 13.0 Å². The largest absolute Gasteiger partial charge is 0.492 e. The van der Waals surface area contributed by atoms with E-state index in [2.05, 4.69) is 51.2 Å². The number of aryl methyl sites for hydroxylation is 1. The number of aromatic nitrogens is 3. The first kappa shape index (κ1) is 16.5. The van der Waals surface area contributed by atoms with Gasteiger partial charge >= 0.3 is 0 Å². The minimum atomic E-state index is 0.0356. The molecule has 0 amide bonds. The summed E-state index contributed by atoms with van der Waals surface area (Å²) in [5.41, 5.74) is 1.20. The van der Waals surface area contributed by atoms with Crippen LogP contribution >= 0.6 is 11.3 Å². The van der Waals surface area contributed by atoms with Crippen LogP contribution in [-0.2, 0) is 6.42 Å². The second kappa shape index (κ2) is 6.74. The smallest absolute Gasteiger partial charge is 0.230 e. The quantitative estimate of drug-likeness (QED) is 0.777. The van der Waals surface area contributed by atoms with Crippen LogP contribution in [0.3, 0.4) is 0 Å². The Kier molecular flexibility index (Phi) is 4.45. The Balaban J connectivity index is 1.78. The van der Waals surface area contributed by atoms with Crippen LogP contribution in [0.2, 0.25) is 0 Å². The topological polar surface area (TPSA) is 56.9 Å². The van der Waals surface area contributed by atoms with Crippen molar-refractivity contribution in [1.82, 2.24) is 24.4 Å². The highest BCUT2D eigenvalue weighted by atomic mass is 32.1. The maximum atomic E-state index is 10.8. The molecule has 0 aliphatic carbocycles. The van der Waals surface area contributed by atoms with Crippen molar-refractivity contribution in [1.29, 1.82) is 0 Å². The number of likely N-dealkylation sites (N-methyl/N-ethyl adjacent to an activating group) is 1. The Labute approximate surface area is 151 Å². The summed E-state index contributed by atoms with van der Waals surface area (Å²) in [5, 5.41) is 15.3. The standard InChI is InChI=1S/C18H23N5OS/c1-3-14-19-18-23(20-14)17(24)16(25-18)15(13-7-5-4-6-8-13)22-11-9-21(2)10-12-22/h4-8,15,24H,3,9-12H2,1-2H3/t15-/m0/s1. The van der Waals surface area contributed by atoms with Crippen LogP contribution in [-0.4, -0.2) is 62.7 Å². The molecule has 1 fully saturated rings. The molecule has 1 saturated heterocycles. The van der Waals surface area contributed by atoms with E-state index < -0.39 is 0 Å². The lowest BCUT2D eigenvalue weighted by Gasteiger charge is -2.37. The number of piperazine rings is 1. The van der Waals surface area contributed by atoms with Crippen molar-refractivity contribution in [2.24, 2.45) is 0 Å². The maximum absolute atomic E-state index is 10.8. The van der Waals surface area contributed by atoms with Crippen molar-refractivity contribution in [2.75, 3.05) is 33.2 Å². The third-order valence-electron chi connectivity index (χ3n) is 4.83. The van der Waals surface area contributed by atoms with Gasteiger partial charge in [0.2, 0.25) is 10.8 Å². The lowest BCUT2D eigenvalue weighted by molar-refractivity contribution is 0.127. The maximum Gasteiger partial charge on any atom is 0.230 e. The molecule has 1 aromatic carbocycles. The third-order valence-corrected chi connectivity index (χ3v) is 5.90. The minimum Gasteiger partial charge on any atom is -0.492 e. The van der Waals surface area contributed by atoms with Crippen LogP contribution in [0.25, 0.3) is 4.96 Å². The number of benzene rings is 1. The van der Waals surface area contributed by atoms with E-state index in [0.717, 1.165) is 48.3 Å². The molecular formula is C18H23N5OS. The predicted molar refractivity (Wildman–Crippen MR) is 99.3 cm³/mol. The normalized spacial score (nSPS) is 18.0. The van der Waals surface area contributed by atoms with Gasteiger partial charge in [0.25, 0.3) is 0 Å². The van der Waals surface area contributed by atoms with E-state index in [-0.39, 0.29) is 11.9 Å². The van der Waals surface area contributed by atoms with Crippen LogP contribution in [0.5, 0.6) is 5.88 Å². The molecule has 132 valence electrons. The van der Waals surface area contributed by atoms with Crippen LogP contribution in [0.15, 0.2) is 30.3 Å². The number of rotatable bonds is 4. The molecule has 1 aliphatic rings. The molecule has 0 unspecified atom stereocenters. The van der Waals surface area contributed by atoms with Crippen LogP contribution < -0.4 is 0 Å². The molecule has 2 aromatic heterocycles. The molecule has 4 rings (SSSR count). The minimum absolute atomic E-state index is 0.0356. The molecule has 0 radical (unpaired) electrons. The molecule has 7 heteroatoms. The summed E-state index contributed by atoms with van der Waals surface area (Å²) in [6.07, 6.45) is 0.768. The van der Waals surface area contributed by atoms with Crippen molar-refractivity contribution < 1.29 is 5.11 Å². The van der Waals surface area contributed by atoms with Gasteiger partial charge in [0.05, 0.1) is 10.9 Å². The van der Waals surface area contributed by atoms with E-state index >= 15 is 0 Å². The summed E-state index contributed by atoms with van der Waals surface area (Å²) in [4.78, 5) is 11.0. The summed E-state index contributed by atoms with van der Waals surface area (Å²) < 4.78 is 1.59. The molecule has 25 heavy (non-hydrogen) atoms. The highest BCUT2D eigenvalue weighted by Gasteiger charge is 2.30. The zero-order valence-corrected chi connectivity index (χ0v) is 15.4. The summed E-state index contributed by atoms with van der Waals surface area (Å²) >= 11 is 1.54. The third kappa shape index (κ3) is 3.03. The average Bonchev–Trinajstić information content (AvgIpc) is 3.18. The number of hydrogen-bond donors (Lipinski definition) is 1. The molecule has 1 N–H and O–H groups in total. The van der Waals surface area contributed by atoms with Crippen LogP contribution in [0, 0.1) is 0 Å². The van der Waals surface area contributed by atoms with Gasteiger partial charge in [0.1, 0.15) is 0 Å². The monoisotopic (exact) mass is 357 g/mol. The van der Waals surface area contributed by atoms with Gasteiger partial charge in [-0.1, -0.05) is 48.6 Å². The fourth-order valence-corrected chi connectivity index (χ4v) is 4.50. The first-order valence-electron chi connectivity index (χ1n) is 8.72. The zero-order chi connectivity index (χ0) is 17.4. The highest BCUT2D eigenvalue weighted by Crippen LogP contribution is 2.40. The first-order valence-corrected chi connectivity index (χ1v) is 9.54. The molecule has 1 aliphatic heterocycles. The zero-order valence-electron chi connectivity index (χ0n) is 14.6. The van der Waals surface area contributed by atoms with Gasteiger partial charge < -0.3 is 10.0 Å². The van der Waals surface area contributed by atoms with E-state index in [1.165, 1.54) is 5.56 Å². The highest BCUT2D eigenvalue weighted by molar-refractivity contribution is 7.17. The van der Waals surface area contributed by atoms with Crippen molar-refractivity contribution in [3.8, 4) is 5.88 Å². The van der Waals surface area contributed by atoms with Gasteiger partial charge in [-0.3, -0.25) is 4.90 Å². The lowest BCUT2D eigenvalue weighted by atomic mass is 10.0. The van der Waals surface area contributed by atoms with Crippen molar-refractivity contribution in [3.05, 3.63) is 46.6 Å². The first-order chi connectivity index (χ1) is 12.2. The number of fused-ring (bicyclic) bond motifs is 1. The van der Waals surface area contributed by atoms with Crippen LogP contribution in [0.1, 0.15) is 29.2 Å². The average molecular weight is 357 g/mol. The Morgan fingerprint density at radius 1 is 1.16 bits per heavy atom. The molecule has 6 nitrogen and oxygen atoms in total. The second-order valence-electron chi connectivity index (χ2n) is 6.52. The Hall–Kier alpha value is -1.96. The van der Waals surface area contributed by atoms with Gasteiger partial charge in [-0.25, -0.2) is 4.98 Å². The molecule has 0 bridgehead atoms. The molecule has 3 heterocycles. The summed E-state index contributed by atoms with van der Waals surface area (Å²) in [5.74, 6) is 0.990. The number of aromatic hydroxyl groups is 1. The van der Waals surface area contributed by atoms with E-state index in [4.69, 9.17) is 0 Å². The van der Waals surface area contributed by atoms with Crippen molar-refractivity contribution in [3.63, 3.8) is 0 Å². The number of hydrogen-bond acceptors (Lipinski definition) is 6. The molecule has 1 atom stereocenters. The predicted octanol–water partition coefficient (Wildman–Crippen LogP) is 2.40. The van der Waals surface area contributed by atoms with Gasteiger partial charge in [-0.05, 0) is 12.6 Å². The molecular weight excluding hydrogens is 334 g/mol. The number of thiazole rings is 1. The van der Waals surface area contributed by atoms with Gasteiger partial charge in [-0.2, -0.15) is 4.52 Å². The van der Waals surface area contributed by atoms with Gasteiger partial charge in [0.15, 0.2) is 5.82 Å². The van der Waals surface area contributed by atoms with E-state index in [1.54, 1.807) is 15.9 Å². The SMILES string of the molecule is CCc1nc2sc([C@H](c3ccccc3)N3CCN(C)CC3)c(O)n2n1. The second-order valence-corrected chi connectivity index (χ2v) is 7.53. The van der Waals surface area contributed by atoms with Crippen molar-refractivity contribution in [2.45, 2.75) is 19.4 Å².